The SMILES string of the molecule is Cl.FC(F)(F)C[C@@H](c1ccc(OC(F)(F)F)c(Cl)c1)N1CCNCC1. The predicted octanol–water partition coefficient (Wildman–Crippen LogP) is 4.56. The molecule has 3 nitrogen and oxygen atoms in total. The Kier molecular flexibility index (Phi) is 7.67. The molecule has 1 atom stereocenters. The fourth-order valence-electron chi connectivity index (χ4n) is 2.60. The number of halogens is 8. The summed E-state index contributed by atoms with van der Waals surface area (Å²) in [4.78, 5) is 1.64. The maximum absolute atomic E-state index is 12.9. The first-order valence-corrected chi connectivity index (χ1v) is 7.50. The van der Waals surface area contributed by atoms with Crippen molar-refractivity contribution in [2.24, 2.45) is 0 Å². The van der Waals surface area contributed by atoms with E-state index in [1.54, 1.807) is 4.90 Å². The van der Waals surface area contributed by atoms with Crippen LogP contribution in [0.2, 0.25) is 5.02 Å². The molecule has 25 heavy (non-hydrogen) atoms. The molecule has 1 aliphatic heterocycles. The van der Waals surface area contributed by atoms with Crippen molar-refractivity contribution in [1.82, 2.24) is 10.2 Å². The van der Waals surface area contributed by atoms with Gasteiger partial charge in [0.2, 0.25) is 0 Å². The molecule has 0 amide bonds. The average molecular weight is 413 g/mol. The minimum Gasteiger partial charge on any atom is -0.404 e. The molecular formula is C14H16Cl2F6N2O. The van der Waals surface area contributed by atoms with Crippen LogP contribution in [0.3, 0.4) is 0 Å². The summed E-state index contributed by atoms with van der Waals surface area (Å²) in [7, 11) is 0. The van der Waals surface area contributed by atoms with Gasteiger partial charge in [-0.15, -0.1) is 25.6 Å². The lowest BCUT2D eigenvalue weighted by Crippen LogP contribution is -2.46. The number of nitrogens with one attached hydrogen (secondary N) is 1. The van der Waals surface area contributed by atoms with E-state index in [1.165, 1.54) is 6.07 Å². The van der Waals surface area contributed by atoms with Gasteiger partial charge >= 0.3 is 12.5 Å². The van der Waals surface area contributed by atoms with E-state index < -0.39 is 30.8 Å². The number of rotatable bonds is 4. The van der Waals surface area contributed by atoms with E-state index in [1.807, 2.05) is 0 Å². The first-order chi connectivity index (χ1) is 11.1. The van der Waals surface area contributed by atoms with Crippen LogP contribution in [0.4, 0.5) is 26.3 Å². The lowest BCUT2D eigenvalue weighted by Gasteiger charge is -2.35. The van der Waals surface area contributed by atoms with Crippen LogP contribution >= 0.6 is 24.0 Å². The van der Waals surface area contributed by atoms with Gasteiger partial charge in [0.15, 0.2) is 0 Å². The van der Waals surface area contributed by atoms with Crippen LogP contribution in [-0.2, 0) is 0 Å². The minimum absolute atomic E-state index is 0. The van der Waals surface area contributed by atoms with Crippen LogP contribution in [0, 0.1) is 0 Å². The van der Waals surface area contributed by atoms with Gasteiger partial charge in [0, 0.05) is 32.2 Å². The molecule has 0 radical (unpaired) electrons. The Bertz CT molecular complexity index is 561. The van der Waals surface area contributed by atoms with Crippen LogP contribution in [0.5, 0.6) is 5.75 Å². The lowest BCUT2D eigenvalue weighted by atomic mass is 10.0. The Morgan fingerprint density at radius 1 is 1.12 bits per heavy atom. The smallest absolute Gasteiger partial charge is 0.404 e. The Morgan fingerprint density at radius 2 is 1.72 bits per heavy atom. The van der Waals surface area contributed by atoms with Gasteiger partial charge in [0.25, 0.3) is 0 Å². The predicted molar refractivity (Wildman–Crippen MR) is 83.2 cm³/mol. The number of benzene rings is 1. The van der Waals surface area contributed by atoms with Crippen molar-refractivity contribution in [2.45, 2.75) is 25.0 Å². The maximum atomic E-state index is 12.9. The van der Waals surface area contributed by atoms with Gasteiger partial charge in [0.05, 0.1) is 11.4 Å². The highest BCUT2D eigenvalue weighted by Crippen LogP contribution is 2.38. The van der Waals surface area contributed by atoms with Crippen molar-refractivity contribution < 1.29 is 31.1 Å². The van der Waals surface area contributed by atoms with Crippen molar-refractivity contribution in [1.29, 1.82) is 0 Å². The van der Waals surface area contributed by atoms with Crippen molar-refractivity contribution in [3.05, 3.63) is 28.8 Å². The van der Waals surface area contributed by atoms with E-state index in [0.29, 0.717) is 26.2 Å². The zero-order chi connectivity index (χ0) is 18.0. The van der Waals surface area contributed by atoms with Gasteiger partial charge < -0.3 is 10.1 Å². The first-order valence-electron chi connectivity index (χ1n) is 7.12. The Labute approximate surface area is 151 Å². The molecule has 0 spiro atoms. The summed E-state index contributed by atoms with van der Waals surface area (Å²) < 4.78 is 79.2. The molecule has 1 aromatic rings. The van der Waals surface area contributed by atoms with Gasteiger partial charge in [-0.3, -0.25) is 4.90 Å². The van der Waals surface area contributed by atoms with Crippen molar-refractivity contribution in [3.63, 3.8) is 0 Å². The quantitative estimate of drug-likeness (QED) is 0.733. The minimum atomic E-state index is -4.92. The monoisotopic (exact) mass is 412 g/mol. The van der Waals surface area contributed by atoms with Gasteiger partial charge in [-0.05, 0) is 17.7 Å². The van der Waals surface area contributed by atoms with Crippen LogP contribution in [0.1, 0.15) is 18.0 Å². The van der Waals surface area contributed by atoms with Gasteiger partial charge in [-0.2, -0.15) is 13.2 Å². The lowest BCUT2D eigenvalue weighted by molar-refractivity contribution is -0.274. The summed E-state index contributed by atoms with van der Waals surface area (Å²) in [6, 6.07) is 2.22. The standard InChI is InChI=1S/C14H15ClF6N2O.ClH/c15-10-7-9(1-2-12(10)24-14(19,20)21)11(8-13(16,17)18)23-5-3-22-4-6-23;/h1-2,7,11,22H,3-6,8H2;1H/t11-;/m0./s1. The zero-order valence-electron chi connectivity index (χ0n) is 12.8. The summed E-state index contributed by atoms with van der Waals surface area (Å²) in [6.45, 7) is 1.88. The summed E-state index contributed by atoms with van der Waals surface area (Å²) in [5.41, 5.74) is 0.203. The highest BCUT2D eigenvalue weighted by molar-refractivity contribution is 6.32. The molecule has 0 aliphatic carbocycles. The van der Waals surface area contributed by atoms with Gasteiger partial charge in [-0.1, -0.05) is 17.7 Å². The zero-order valence-corrected chi connectivity index (χ0v) is 14.3. The van der Waals surface area contributed by atoms with E-state index >= 15 is 0 Å². The number of piperazine rings is 1. The van der Waals surface area contributed by atoms with E-state index in [4.69, 9.17) is 11.6 Å². The summed E-state index contributed by atoms with van der Waals surface area (Å²) in [5.74, 6) is -0.640. The molecule has 0 aromatic heterocycles. The van der Waals surface area contributed by atoms with Gasteiger partial charge in [0.1, 0.15) is 5.75 Å². The molecule has 0 bridgehead atoms. The molecule has 1 aliphatic rings. The molecule has 1 heterocycles. The fraction of sp³-hybridized carbons (Fsp3) is 0.571. The second kappa shape index (κ2) is 8.66. The topological polar surface area (TPSA) is 24.5 Å². The third-order valence-corrected chi connectivity index (χ3v) is 3.88. The number of hydrogen-bond donors (Lipinski definition) is 1. The van der Waals surface area contributed by atoms with E-state index in [0.717, 1.165) is 12.1 Å². The van der Waals surface area contributed by atoms with Crippen molar-refractivity contribution >= 4 is 24.0 Å². The molecule has 144 valence electrons. The van der Waals surface area contributed by atoms with E-state index in [-0.39, 0.29) is 23.0 Å². The number of hydrogen-bond acceptors (Lipinski definition) is 3. The van der Waals surface area contributed by atoms with Crippen LogP contribution in [0.25, 0.3) is 0 Å². The molecule has 0 saturated carbocycles. The molecule has 2 rings (SSSR count). The van der Waals surface area contributed by atoms with Crippen LogP contribution in [-0.4, -0.2) is 43.6 Å². The summed E-state index contributed by atoms with van der Waals surface area (Å²) >= 11 is 5.75. The Balaban J connectivity index is 0.00000312. The second-order valence-electron chi connectivity index (χ2n) is 5.36. The average Bonchev–Trinajstić information content (AvgIpc) is 2.46. The number of alkyl halides is 6. The molecule has 1 N–H and O–H groups in total. The summed E-state index contributed by atoms with van der Waals surface area (Å²) in [5, 5.41) is 2.65. The molecule has 1 saturated heterocycles. The largest absolute Gasteiger partial charge is 0.573 e. The molecular weight excluding hydrogens is 397 g/mol. The van der Waals surface area contributed by atoms with Crippen molar-refractivity contribution in [3.8, 4) is 5.75 Å². The fourth-order valence-corrected chi connectivity index (χ4v) is 2.83. The van der Waals surface area contributed by atoms with Crippen LogP contribution < -0.4 is 10.1 Å². The van der Waals surface area contributed by atoms with E-state index in [2.05, 4.69) is 10.1 Å². The molecule has 1 aromatic carbocycles. The Morgan fingerprint density at radius 3 is 2.20 bits per heavy atom. The number of ether oxygens (including phenoxy) is 1. The molecule has 11 heteroatoms. The van der Waals surface area contributed by atoms with Gasteiger partial charge in [-0.25, -0.2) is 0 Å². The Hall–Kier alpha value is -0.900. The maximum Gasteiger partial charge on any atom is 0.573 e. The molecule has 0 unspecified atom stereocenters. The second-order valence-corrected chi connectivity index (χ2v) is 5.77. The highest BCUT2D eigenvalue weighted by Gasteiger charge is 2.37. The third-order valence-electron chi connectivity index (χ3n) is 3.58. The third kappa shape index (κ3) is 7.08. The highest BCUT2D eigenvalue weighted by atomic mass is 35.5. The van der Waals surface area contributed by atoms with E-state index in [9.17, 15) is 26.3 Å². The summed E-state index contributed by atoms with van der Waals surface area (Å²) in [6.07, 6.45) is -10.4. The normalized spacial score (nSPS) is 17.7. The first kappa shape index (κ1) is 22.1. The van der Waals surface area contributed by atoms with Crippen molar-refractivity contribution in [2.75, 3.05) is 26.2 Å². The van der Waals surface area contributed by atoms with Crippen LogP contribution in [0.15, 0.2) is 18.2 Å². The number of nitrogens with zero attached hydrogens (tertiary/aromatic N) is 1. The molecule has 1 fully saturated rings.